The van der Waals surface area contributed by atoms with Gasteiger partial charge in [0.25, 0.3) is 0 Å². The van der Waals surface area contributed by atoms with Crippen molar-refractivity contribution in [2.75, 3.05) is 25.0 Å². The van der Waals surface area contributed by atoms with Crippen LogP contribution in [0.2, 0.25) is 0 Å². The van der Waals surface area contributed by atoms with Crippen molar-refractivity contribution in [2.24, 2.45) is 5.92 Å². The number of aromatic hydroxyl groups is 1. The third-order valence-corrected chi connectivity index (χ3v) is 5.45. The van der Waals surface area contributed by atoms with Crippen molar-refractivity contribution >= 4 is 22.8 Å². The minimum Gasteiger partial charge on any atom is -0.507 e. The minimum atomic E-state index is -0.623. The molecule has 1 amide bonds. The van der Waals surface area contributed by atoms with E-state index < -0.39 is 17.5 Å². The van der Waals surface area contributed by atoms with Crippen LogP contribution in [0.4, 0.5) is 15.0 Å². The quantitative estimate of drug-likeness (QED) is 0.551. The second-order valence-corrected chi connectivity index (χ2v) is 9.15. The summed E-state index contributed by atoms with van der Waals surface area (Å²) in [4.78, 5) is 23.2. The Labute approximate surface area is 191 Å². The summed E-state index contributed by atoms with van der Waals surface area (Å²) in [5.41, 5.74) is 0.155. The van der Waals surface area contributed by atoms with E-state index in [2.05, 4.69) is 15.3 Å². The number of carbonyl (C=O) groups excluding carboxylic acids is 1. The normalized spacial score (nSPS) is 18.5. The number of nitrogens with zero attached hydrogens (tertiary/aromatic N) is 3. The number of amides is 1. The molecule has 0 spiro atoms. The van der Waals surface area contributed by atoms with Crippen molar-refractivity contribution in [3.8, 4) is 17.1 Å². The summed E-state index contributed by atoms with van der Waals surface area (Å²) in [7, 11) is 0. The van der Waals surface area contributed by atoms with E-state index in [4.69, 9.17) is 4.74 Å². The van der Waals surface area contributed by atoms with Crippen LogP contribution in [0.3, 0.4) is 0 Å². The van der Waals surface area contributed by atoms with Crippen molar-refractivity contribution in [2.45, 2.75) is 32.4 Å². The third kappa shape index (κ3) is 4.98. The molecule has 0 unspecified atom stereocenters. The third-order valence-electron chi connectivity index (χ3n) is 5.45. The number of likely N-dealkylation sites (tertiary alicyclic amines) is 1. The van der Waals surface area contributed by atoms with Gasteiger partial charge in [0.05, 0.1) is 17.1 Å². The molecule has 8 nitrogen and oxygen atoms in total. The lowest BCUT2D eigenvalue weighted by Crippen LogP contribution is -2.36. The van der Waals surface area contributed by atoms with Crippen molar-refractivity contribution in [3.63, 3.8) is 0 Å². The van der Waals surface area contributed by atoms with Gasteiger partial charge in [0.2, 0.25) is 0 Å². The van der Waals surface area contributed by atoms with Crippen LogP contribution in [0.5, 0.6) is 5.75 Å². The van der Waals surface area contributed by atoms with E-state index in [0.29, 0.717) is 24.4 Å². The van der Waals surface area contributed by atoms with Crippen LogP contribution in [0.25, 0.3) is 22.3 Å². The van der Waals surface area contributed by atoms with Crippen LogP contribution in [0, 0.1) is 11.7 Å². The van der Waals surface area contributed by atoms with Crippen LogP contribution < -0.4 is 5.32 Å². The number of hydrogen-bond acceptors (Lipinski definition) is 7. The molecule has 3 N–H and O–H groups in total. The number of rotatable bonds is 4. The molecule has 0 aliphatic carbocycles. The highest BCUT2D eigenvalue weighted by molar-refractivity contribution is 5.91. The summed E-state index contributed by atoms with van der Waals surface area (Å²) in [6.45, 7) is 5.93. The summed E-state index contributed by atoms with van der Waals surface area (Å²) < 4.78 is 19.3. The second kappa shape index (κ2) is 8.82. The summed E-state index contributed by atoms with van der Waals surface area (Å²) in [6.07, 6.45) is -0.442. The fraction of sp³-hybridized carbons (Fsp3) is 0.375. The number of halogens is 1. The number of anilines is 1. The molecule has 2 heterocycles. The molecule has 1 aliphatic heterocycles. The van der Waals surface area contributed by atoms with E-state index in [0.717, 1.165) is 11.5 Å². The standard InChI is InChI=1S/C24H27FN4O4/c1-24(2,3)33-23(32)29-11-14(13-30)19(12-29)27-21-16-6-4-5-7-18(16)26-22(28-21)17-10-15(25)8-9-20(17)31/h4-10,14,19,30-31H,11-13H2,1-3H3,(H,26,27,28)/t14-,19+/m0/s1. The summed E-state index contributed by atoms with van der Waals surface area (Å²) in [5, 5.41) is 24.2. The van der Waals surface area contributed by atoms with E-state index in [-0.39, 0.29) is 35.7 Å². The molecule has 174 valence electrons. The molecular weight excluding hydrogens is 427 g/mol. The van der Waals surface area contributed by atoms with E-state index in [1.807, 2.05) is 18.2 Å². The fourth-order valence-electron chi connectivity index (χ4n) is 3.87. The highest BCUT2D eigenvalue weighted by atomic mass is 19.1. The first-order chi connectivity index (χ1) is 15.6. The predicted molar refractivity (Wildman–Crippen MR) is 122 cm³/mol. The van der Waals surface area contributed by atoms with Crippen molar-refractivity contribution < 1.29 is 24.1 Å². The Morgan fingerprint density at radius 2 is 1.97 bits per heavy atom. The monoisotopic (exact) mass is 454 g/mol. The van der Waals surface area contributed by atoms with Gasteiger partial charge in [-0.3, -0.25) is 0 Å². The molecule has 2 atom stereocenters. The van der Waals surface area contributed by atoms with Gasteiger partial charge in [0.15, 0.2) is 5.82 Å². The van der Waals surface area contributed by atoms with Gasteiger partial charge < -0.3 is 25.2 Å². The number of hydrogen-bond donors (Lipinski definition) is 3. The van der Waals surface area contributed by atoms with Crippen LogP contribution >= 0.6 is 0 Å². The number of phenolic OH excluding ortho intramolecular Hbond substituents is 1. The Kier molecular flexibility index (Phi) is 6.07. The van der Waals surface area contributed by atoms with Crippen molar-refractivity contribution in [1.82, 2.24) is 14.9 Å². The zero-order chi connectivity index (χ0) is 23.8. The second-order valence-electron chi connectivity index (χ2n) is 9.15. The lowest BCUT2D eigenvalue weighted by molar-refractivity contribution is 0.0283. The van der Waals surface area contributed by atoms with Crippen LogP contribution in [-0.2, 0) is 4.74 Å². The number of phenols is 1. The van der Waals surface area contributed by atoms with Gasteiger partial charge in [-0.25, -0.2) is 19.2 Å². The summed E-state index contributed by atoms with van der Waals surface area (Å²) in [6, 6.07) is 10.6. The molecule has 0 bridgehead atoms. The van der Waals surface area contributed by atoms with Gasteiger partial charge in [-0.05, 0) is 51.1 Å². The van der Waals surface area contributed by atoms with E-state index in [1.165, 1.54) is 12.1 Å². The fourth-order valence-corrected chi connectivity index (χ4v) is 3.87. The van der Waals surface area contributed by atoms with Crippen LogP contribution in [-0.4, -0.2) is 62.5 Å². The van der Waals surface area contributed by atoms with E-state index >= 15 is 0 Å². The lowest BCUT2D eigenvalue weighted by Gasteiger charge is -2.24. The van der Waals surface area contributed by atoms with Gasteiger partial charge in [-0.2, -0.15) is 0 Å². The molecule has 0 radical (unpaired) electrons. The Balaban J connectivity index is 1.68. The first kappa shape index (κ1) is 22.7. The Hall–Kier alpha value is -3.46. The molecular formula is C24H27FN4O4. The first-order valence-corrected chi connectivity index (χ1v) is 10.8. The molecule has 1 fully saturated rings. The molecule has 2 aromatic carbocycles. The Bertz CT molecular complexity index is 1180. The van der Waals surface area contributed by atoms with Gasteiger partial charge >= 0.3 is 6.09 Å². The maximum absolute atomic E-state index is 13.8. The number of ether oxygens (including phenoxy) is 1. The maximum Gasteiger partial charge on any atom is 0.410 e. The molecule has 0 saturated carbocycles. The number of carbonyl (C=O) groups is 1. The molecule has 33 heavy (non-hydrogen) atoms. The maximum atomic E-state index is 13.8. The van der Waals surface area contributed by atoms with E-state index in [9.17, 15) is 19.4 Å². The van der Waals surface area contributed by atoms with Gasteiger partial charge in [-0.1, -0.05) is 12.1 Å². The van der Waals surface area contributed by atoms with Gasteiger partial charge in [0, 0.05) is 31.0 Å². The van der Waals surface area contributed by atoms with Gasteiger partial charge in [0.1, 0.15) is 23.0 Å². The number of benzene rings is 2. The van der Waals surface area contributed by atoms with Crippen molar-refractivity contribution in [3.05, 3.63) is 48.3 Å². The first-order valence-electron chi connectivity index (χ1n) is 10.8. The lowest BCUT2D eigenvalue weighted by atomic mass is 10.0. The highest BCUT2D eigenvalue weighted by Gasteiger charge is 2.37. The summed E-state index contributed by atoms with van der Waals surface area (Å²) in [5.74, 6) is -0.261. The molecule has 9 heteroatoms. The number of aliphatic hydroxyl groups is 1. The molecule has 1 aliphatic rings. The predicted octanol–water partition coefficient (Wildman–Crippen LogP) is 3.78. The van der Waals surface area contributed by atoms with Crippen LogP contribution in [0.15, 0.2) is 42.5 Å². The smallest absolute Gasteiger partial charge is 0.410 e. The number of fused-ring (bicyclic) bond motifs is 1. The number of para-hydroxylation sites is 1. The van der Waals surface area contributed by atoms with Crippen LogP contribution in [0.1, 0.15) is 20.8 Å². The highest BCUT2D eigenvalue weighted by Crippen LogP contribution is 2.32. The van der Waals surface area contributed by atoms with Crippen molar-refractivity contribution in [1.29, 1.82) is 0 Å². The molecule has 4 rings (SSSR count). The topological polar surface area (TPSA) is 108 Å². The minimum absolute atomic E-state index is 0.127. The van der Waals surface area contributed by atoms with E-state index in [1.54, 1.807) is 31.7 Å². The average Bonchev–Trinajstić information content (AvgIpc) is 3.17. The Morgan fingerprint density at radius 3 is 2.70 bits per heavy atom. The summed E-state index contributed by atoms with van der Waals surface area (Å²) >= 11 is 0. The Morgan fingerprint density at radius 1 is 1.21 bits per heavy atom. The molecule has 3 aromatic rings. The zero-order valence-electron chi connectivity index (χ0n) is 18.7. The zero-order valence-corrected chi connectivity index (χ0v) is 18.7. The number of nitrogens with one attached hydrogen (secondary N) is 1. The SMILES string of the molecule is CC(C)(C)OC(=O)N1C[C@@H](CO)[C@H](Nc2nc(-c3cc(F)ccc3O)nc3ccccc23)C1. The van der Waals surface area contributed by atoms with Gasteiger partial charge in [-0.15, -0.1) is 0 Å². The molecule has 1 saturated heterocycles. The largest absolute Gasteiger partial charge is 0.507 e. The number of aromatic nitrogens is 2. The number of aliphatic hydroxyl groups excluding tert-OH is 1. The molecule has 1 aromatic heterocycles. The average molecular weight is 455 g/mol.